The van der Waals surface area contributed by atoms with Crippen molar-refractivity contribution in [3.05, 3.63) is 0 Å². The minimum Gasteiger partial charge on any atom is -0.393 e. The van der Waals surface area contributed by atoms with Crippen LogP contribution in [0.5, 0.6) is 0 Å². The normalized spacial score (nSPS) is 35.9. The molecule has 4 unspecified atom stereocenters. The van der Waals surface area contributed by atoms with Gasteiger partial charge in [0.25, 0.3) is 0 Å². The number of nitrogens with zero attached hydrogens (tertiary/aromatic N) is 1. The molecule has 2 saturated heterocycles. The largest absolute Gasteiger partial charge is 0.393 e. The summed E-state index contributed by atoms with van der Waals surface area (Å²) in [6, 6.07) is 0.335. The quantitative estimate of drug-likeness (QED) is 0.590. The first kappa shape index (κ1) is 12.8. The molecule has 0 aromatic rings. The average molecular weight is 241 g/mol. The molecule has 5 nitrogen and oxygen atoms in total. The van der Waals surface area contributed by atoms with Crippen LogP contribution in [-0.2, 0) is 4.79 Å². The third-order valence-electron chi connectivity index (χ3n) is 3.86. The highest BCUT2D eigenvalue weighted by Gasteiger charge is 2.33. The lowest BCUT2D eigenvalue weighted by atomic mass is 10.0. The number of hydrogen-bond acceptors (Lipinski definition) is 4. The van der Waals surface area contributed by atoms with Crippen molar-refractivity contribution in [2.45, 2.75) is 38.5 Å². The minimum atomic E-state index is -0.315. The van der Waals surface area contributed by atoms with Gasteiger partial charge in [-0.15, -0.1) is 0 Å². The Kier molecular flexibility index (Phi) is 4.01. The lowest BCUT2D eigenvalue weighted by Crippen LogP contribution is -2.59. The molecule has 2 rings (SSSR count). The second-order valence-corrected chi connectivity index (χ2v) is 5.34. The fourth-order valence-electron chi connectivity index (χ4n) is 2.56. The highest BCUT2D eigenvalue weighted by Crippen LogP contribution is 2.20. The topological polar surface area (TPSA) is 64.6 Å². The third-order valence-corrected chi connectivity index (χ3v) is 3.86. The van der Waals surface area contributed by atoms with Gasteiger partial charge in [-0.05, 0) is 20.3 Å². The Labute approximate surface area is 103 Å². The number of likely N-dealkylation sites (tertiary alicyclic amines) is 1. The van der Waals surface area contributed by atoms with Crippen molar-refractivity contribution in [3.8, 4) is 0 Å². The summed E-state index contributed by atoms with van der Waals surface area (Å²) >= 11 is 0. The average Bonchev–Trinajstić information content (AvgIpc) is 2.78. The molecule has 0 bridgehead atoms. The van der Waals surface area contributed by atoms with E-state index in [2.05, 4.69) is 17.6 Å². The first-order valence-electron chi connectivity index (χ1n) is 6.51. The summed E-state index contributed by atoms with van der Waals surface area (Å²) in [6.45, 7) is 6.93. The summed E-state index contributed by atoms with van der Waals surface area (Å²) in [7, 11) is 0. The maximum Gasteiger partial charge on any atom is 0.241 e. The molecule has 5 heteroatoms. The van der Waals surface area contributed by atoms with Crippen LogP contribution >= 0.6 is 0 Å². The monoisotopic (exact) mass is 241 g/mol. The first-order valence-corrected chi connectivity index (χ1v) is 6.51. The molecule has 0 saturated carbocycles. The highest BCUT2D eigenvalue weighted by molar-refractivity contribution is 5.82. The summed E-state index contributed by atoms with van der Waals surface area (Å²) in [4.78, 5) is 14.1. The molecule has 0 radical (unpaired) electrons. The second-order valence-electron chi connectivity index (χ2n) is 5.34. The SMILES string of the molecule is CC1CNC(C(=O)N2CCC(C(C)O)C2)CN1. The Balaban J connectivity index is 1.84. The van der Waals surface area contributed by atoms with Gasteiger partial charge in [0.2, 0.25) is 5.91 Å². The summed E-state index contributed by atoms with van der Waals surface area (Å²) in [5.41, 5.74) is 0. The minimum absolute atomic E-state index is 0.0982. The Morgan fingerprint density at radius 3 is 2.71 bits per heavy atom. The molecule has 98 valence electrons. The van der Waals surface area contributed by atoms with Crippen LogP contribution in [0.4, 0.5) is 0 Å². The number of aliphatic hydroxyl groups excluding tert-OH is 1. The van der Waals surface area contributed by atoms with E-state index in [1.54, 1.807) is 6.92 Å². The second kappa shape index (κ2) is 5.33. The van der Waals surface area contributed by atoms with E-state index in [4.69, 9.17) is 0 Å². The van der Waals surface area contributed by atoms with Gasteiger partial charge < -0.3 is 20.6 Å². The van der Waals surface area contributed by atoms with Crippen LogP contribution in [0, 0.1) is 5.92 Å². The maximum absolute atomic E-state index is 12.2. The number of nitrogens with one attached hydrogen (secondary N) is 2. The van der Waals surface area contributed by atoms with Gasteiger partial charge in [-0.3, -0.25) is 4.79 Å². The van der Waals surface area contributed by atoms with Crippen LogP contribution in [0.3, 0.4) is 0 Å². The van der Waals surface area contributed by atoms with Crippen molar-refractivity contribution in [2.24, 2.45) is 5.92 Å². The van der Waals surface area contributed by atoms with E-state index in [1.165, 1.54) is 0 Å². The summed E-state index contributed by atoms with van der Waals surface area (Å²) in [6.07, 6.45) is 0.602. The van der Waals surface area contributed by atoms with Crippen LogP contribution in [0.25, 0.3) is 0 Å². The molecule has 1 amide bonds. The zero-order chi connectivity index (χ0) is 12.4. The van der Waals surface area contributed by atoms with Crippen molar-refractivity contribution in [1.82, 2.24) is 15.5 Å². The summed E-state index contributed by atoms with van der Waals surface area (Å²) < 4.78 is 0. The Morgan fingerprint density at radius 2 is 2.18 bits per heavy atom. The molecule has 17 heavy (non-hydrogen) atoms. The van der Waals surface area contributed by atoms with Gasteiger partial charge in [-0.1, -0.05) is 0 Å². The first-order chi connectivity index (χ1) is 8.08. The summed E-state index contributed by atoms with van der Waals surface area (Å²) in [5.74, 6) is 0.418. The van der Waals surface area contributed by atoms with Gasteiger partial charge in [0.15, 0.2) is 0 Å². The number of hydrogen-bond donors (Lipinski definition) is 3. The fourth-order valence-corrected chi connectivity index (χ4v) is 2.56. The van der Waals surface area contributed by atoms with Gasteiger partial charge in [0.1, 0.15) is 0 Å². The molecule has 3 N–H and O–H groups in total. The van der Waals surface area contributed by atoms with Gasteiger partial charge in [-0.25, -0.2) is 0 Å². The molecule has 2 heterocycles. The van der Waals surface area contributed by atoms with Gasteiger partial charge in [0, 0.05) is 38.1 Å². The third kappa shape index (κ3) is 2.97. The van der Waals surface area contributed by atoms with Gasteiger partial charge in [-0.2, -0.15) is 0 Å². The molecule has 0 aromatic heterocycles. The molecule has 0 aromatic carbocycles. The van der Waals surface area contributed by atoms with E-state index in [1.807, 2.05) is 4.90 Å². The zero-order valence-corrected chi connectivity index (χ0v) is 10.6. The standard InChI is InChI=1S/C12H23N3O2/c1-8-5-14-11(6-13-8)12(17)15-4-3-10(7-15)9(2)16/h8-11,13-14,16H,3-7H2,1-2H3. The van der Waals surface area contributed by atoms with Crippen molar-refractivity contribution < 1.29 is 9.90 Å². The molecule has 4 atom stereocenters. The maximum atomic E-state index is 12.2. The van der Waals surface area contributed by atoms with Crippen LogP contribution in [0.1, 0.15) is 20.3 Å². The molecule has 2 aliphatic heterocycles. The molecular formula is C12H23N3O2. The molecule has 2 aliphatic rings. The van der Waals surface area contributed by atoms with Crippen LogP contribution in [0.15, 0.2) is 0 Å². The Morgan fingerprint density at radius 1 is 1.41 bits per heavy atom. The zero-order valence-electron chi connectivity index (χ0n) is 10.6. The lowest BCUT2D eigenvalue weighted by Gasteiger charge is -2.31. The number of aliphatic hydroxyl groups is 1. The molecular weight excluding hydrogens is 218 g/mol. The number of carbonyl (C=O) groups is 1. The van der Waals surface area contributed by atoms with E-state index >= 15 is 0 Å². The predicted octanol–water partition coefficient (Wildman–Crippen LogP) is -0.834. The van der Waals surface area contributed by atoms with Crippen LogP contribution in [-0.4, -0.2) is 60.3 Å². The fraction of sp³-hybridized carbons (Fsp3) is 0.917. The van der Waals surface area contributed by atoms with E-state index in [0.717, 1.165) is 19.5 Å². The van der Waals surface area contributed by atoms with E-state index in [9.17, 15) is 9.90 Å². The number of amides is 1. The molecule has 0 aliphatic carbocycles. The van der Waals surface area contributed by atoms with E-state index < -0.39 is 0 Å². The Hall–Kier alpha value is -0.650. The predicted molar refractivity (Wildman–Crippen MR) is 65.6 cm³/mol. The van der Waals surface area contributed by atoms with E-state index in [-0.39, 0.29) is 24.0 Å². The van der Waals surface area contributed by atoms with Crippen molar-refractivity contribution in [2.75, 3.05) is 26.2 Å². The van der Waals surface area contributed by atoms with Gasteiger partial charge in [0.05, 0.1) is 12.1 Å². The Bertz CT molecular complexity index is 275. The van der Waals surface area contributed by atoms with Crippen molar-refractivity contribution in [1.29, 1.82) is 0 Å². The number of carbonyl (C=O) groups excluding carboxylic acids is 1. The van der Waals surface area contributed by atoms with Gasteiger partial charge >= 0.3 is 0 Å². The number of piperazine rings is 1. The molecule has 2 fully saturated rings. The summed E-state index contributed by atoms with van der Waals surface area (Å²) in [5, 5.41) is 16.1. The molecule has 0 spiro atoms. The van der Waals surface area contributed by atoms with E-state index in [0.29, 0.717) is 19.1 Å². The van der Waals surface area contributed by atoms with Crippen LogP contribution < -0.4 is 10.6 Å². The number of rotatable bonds is 2. The van der Waals surface area contributed by atoms with Crippen molar-refractivity contribution in [3.63, 3.8) is 0 Å². The highest BCUT2D eigenvalue weighted by atomic mass is 16.3. The van der Waals surface area contributed by atoms with Crippen LogP contribution in [0.2, 0.25) is 0 Å². The van der Waals surface area contributed by atoms with Crippen molar-refractivity contribution >= 4 is 5.91 Å². The smallest absolute Gasteiger partial charge is 0.241 e. The lowest BCUT2D eigenvalue weighted by molar-refractivity contribution is -0.133.